The molecule has 0 saturated carbocycles. The second kappa shape index (κ2) is 5.31. The first-order valence-electron chi connectivity index (χ1n) is 3.32. The van der Waals surface area contributed by atoms with Gasteiger partial charge in [-0.1, -0.05) is 0 Å². The molecule has 0 heterocycles. The fourth-order valence-electron chi connectivity index (χ4n) is 0.824. The van der Waals surface area contributed by atoms with Crippen LogP contribution in [-0.2, 0) is 17.3 Å². The number of hydrogen-bond donors (Lipinski definition) is 1. The molecule has 1 rings (SSSR count). The fourth-order valence-corrected chi connectivity index (χ4v) is 1.29. The van der Waals surface area contributed by atoms with Crippen LogP contribution in [0.1, 0.15) is 5.56 Å². The normalized spacial score (nSPS) is 13.1. The van der Waals surface area contributed by atoms with Gasteiger partial charge in [0, 0.05) is 0 Å². The van der Waals surface area contributed by atoms with Crippen molar-refractivity contribution < 1.29 is 56.6 Å². The Morgan fingerprint density at radius 2 is 1.87 bits per heavy atom. The van der Waals surface area contributed by atoms with Gasteiger partial charge in [-0.15, -0.1) is 0 Å². The molecule has 0 bridgehead atoms. The number of alkyl halides is 3. The zero-order valence-electron chi connectivity index (χ0n) is 7.54. The summed E-state index contributed by atoms with van der Waals surface area (Å²) in [6.07, 6.45) is -4.62. The first-order chi connectivity index (χ1) is 6.32. The van der Waals surface area contributed by atoms with E-state index in [9.17, 15) is 21.9 Å². The molecule has 0 aliphatic heterocycles. The minimum Gasteiger partial charge on any atom is -0.768 e. The Balaban J connectivity index is 0.00000196. The van der Waals surface area contributed by atoms with E-state index in [1.54, 1.807) is 0 Å². The molecule has 0 aliphatic rings. The summed E-state index contributed by atoms with van der Waals surface area (Å²) in [5.74, 6) is -0.702. The molecule has 3 nitrogen and oxygen atoms in total. The van der Waals surface area contributed by atoms with E-state index in [-0.39, 0.29) is 29.6 Å². The second-order valence-corrected chi connectivity index (χ2v) is 3.32. The zero-order chi connectivity index (χ0) is 10.9. The van der Waals surface area contributed by atoms with Gasteiger partial charge in [-0.3, -0.25) is 4.21 Å². The average Bonchev–Trinajstić information content (AvgIpc) is 2.02. The maximum Gasteiger partial charge on any atom is 1.00 e. The van der Waals surface area contributed by atoms with E-state index < -0.39 is 33.5 Å². The smallest absolute Gasteiger partial charge is 0.768 e. The van der Waals surface area contributed by atoms with E-state index in [4.69, 9.17) is 5.11 Å². The molecule has 1 atom stereocenters. The minimum absolute atomic E-state index is 0. The van der Waals surface area contributed by atoms with Crippen molar-refractivity contribution in [1.29, 1.82) is 0 Å². The Hall–Kier alpha value is -0.0800. The molecular weight excluding hydrogens is 244 g/mol. The summed E-state index contributed by atoms with van der Waals surface area (Å²) < 4.78 is 57.0. The number of benzene rings is 1. The van der Waals surface area contributed by atoms with Gasteiger partial charge in [-0.25, -0.2) is 0 Å². The summed E-state index contributed by atoms with van der Waals surface area (Å²) in [5, 5.41) is 8.91. The summed E-state index contributed by atoms with van der Waals surface area (Å²) in [7, 11) is 0. The van der Waals surface area contributed by atoms with Gasteiger partial charge in [-0.05, 0) is 29.3 Å². The van der Waals surface area contributed by atoms with Gasteiger partial charge in [0.15, 0.2) is 0 Å². The zero-order valence-corrected chi connectivity index (χ0v) is 10.4. The van der Waals surface area contributed by atoms with E-state index in [1.165, 1.54) is 0 Å². The molecule has 0 radical (unpaired) electrons. The van der Waals surface area contributed by atoms with Crippen LogP contribution in [0.5, 0.6) is 5.75 Å². The van der Waals surface area contributed by atoms with Crippen molar-refractivity contribution in [3.8, 4) is 5.75 Å². The molecule has 0 saturated heterocycles. The molecular formula is C7H4F3NaO3S. The number of hydrogen-bond acceptors (Lipinski definition) is 3. The first-order valence-corrected chi connectivity index (χ1v) is 4.39. The maximum atomic E-state index is 12.1. The van der Waals surface area contributed by atoms with Gasteiger partial charge in [0.1, 0.15) is 5.75 Å². The van der Waals surface area contributed by atoms with Crippen LogP contribution in [0.3, 0.4) is 0 Å². The quantitative estimate of drug-likeness (QED) is 0.494. The third kappa shape index (κ3) is 3.76. The van der Waals surface area contributed by atoms with E-state index in [0.29, 0.717) is 18.2 Å². The largest absolute Gasteiger partial charge is 1.00 e. The van der Waals surface area contributed by atoms with E-state index in [1.807, 2.05) is 0 Å². The van der Waals surface area contributed by atoms with E-state index in [2.05, 4.69) is 0 Å². The average molecular weight is 248 g/mol. The van der Waals surface area contributed by atoms with Gasteiger partial charge in [0.05, 0.1) is 10.5 Å². The van der Waals surface area contributed by atoms with Crippen LogP contribution in [0.4, 0.5) is 13.2 Å². The summed E-state index contributed by atoms with van der Waals surface area (Å²) in [6, 6.07) is 1.66. The Morgan fingerprint density at radius 3 is 2.27 bits per heavy atom. The van der Waals surface area contributed by atoms with Crippen LogP contribution in [0.15, 0.2) is 23.1 Å². The molecule has 0 fully saturated rings. The van der Waals surface area contributed by atoms with Crippen molar-refractivity contribution in [3.05, 3.63) is 23.8 Å². The molecule has 1 aromatic carbocycles. The Labute approximate surface area is 108 Å². The molecule has 15 heavy (non-hydrogen) atoms. The van der Waals surface area contributed by atoms with Crippen LogP contribution in [0, 0.1) is 0 Å². The van der Waals surface area contributed by atoms with Crippen LogP contribution < -0.4 is 29.6 Å². The SMILES string of the molecule is O=S([O-])c1cc(C(F)(F)F)ccc1O.[Na+]. The first kappa shape index (κ1) is 14.9. The molecule has 78 valence electrons. The molecule has 8 heteroatoms. The predicted molar refractivity (Wildman–Crippen MR) is 40.3 cm³/mol. The molecule has 0 spiro atoms. The van der Waals surface area contributed by atoms with E-state index in [0.717, 1.165) is 0 Å². The number of rotatable bonds is 1. The monoisotopic (exact) mass is 248 g/mol. The van der Waals surface area contributed by atoms with Crippen molar-refractivity contribution in [1.82, 2.24) is 0 Å². The van der Waals surface area contributed by atoms with E-state index >= 15 is 0 Å². The molecule has 0 aliphatic carbocycles. The van der Waals surface area contributed by atoms with Crippen LogP contribution in [0.2, 0.25) is 0 Å². The van der Waals surface area contributed by atoms with Crippen molar-refractivity contribution in [2.45, 2.75) is 11.1 Å². The van der Waals surface area contributed by atoms with Gasteiger partial charge >= 0.3 is 35.7 Å². The molecule has 1 unspecified atom stereocenters. The summed E-state index contributed by atoms with van der Waals surface area (Å²) in [6.45, 7) is 0. The van der Waals surface area contributed by atoms with Gasteiger partial charge < -0.3 is 9.66 Å². The van der Waals surface area contributed by atoms with Crippen LogP contribution in [-0.4, -0.2) is 13.9 Å². The van der Waals surface area contributed by atoms with Gasteiger partial charge in [-0.2, -0.15) is 13.2 Å². The number of halogens is 3. The van der Waals surface area contributed by atoms with Crippen molar-refractivity contribution in [2.75, 3.05) is 0 Å². The Morgan fingerprint density at radius 1 is 1.33 bits per heavy atom. The van der Waals surface area contributed by atoms with Crippen molar-refractivity contribution in [2.24, 2.45) is 0 Å². The fraction of sp³-hybridized carbons (Fsp3) is 0.143. The van der Waals surface area contributed by atoms with Crippen LogP contribution in [0.25, 0.3) is 0 Å². The minimum atomic E-state index is -4.62. The topological polar surface area (TPSA) is 60.4 Å². The van der Waals surface area contributed by atoms with Crippen molar-refractivity contribution >= 4 is 11.1 Å². The Bertz CT molecular complexity index is 380. The van der Waals surface area contributed by atoms with Gasteiger partial charge in [0.2, 0.25) is 0 Å². The molecule has 1 aromatic rings. The Kier molecular flexibility index (Phi) is 5.28. The second-order valence-electron chi connectivity index (χ2n) is 2.41. The predicted octanol–water partition coefficient (Wildman–Crippen LogP) is -1.35. The number of phenols is 1. The summed E-state index contributed by atoms with van der Waals surface area (Å²) >= 11 is -2.89. The number of aromatic hydroxyl groups is 1. The third-order valence-electron chi connectivity index (χ3n) is 1.47. The molecule has 0 aromatic heterocycles. The molecule has 1 N–H and O–H groups in total. The third-order valence-corrected chi connectivity index (χ3v) is 2.15. The van der Waals surface area contributed by atoms with Crippen molar-refractivity contribution in [3.63, 3.8) is 0 Å². The standard InChI is InChI=1S/C7H5F3O3S.Na/c8-7(9,10)4-1-2-5(11)6(3-4)14(12)13;/h1-3,11H,(H,12,13);/q;+1/p-1. The molecule has 0 amide bonds. The van der Waals surface area contributed by atoms with Crippen LogP contribution >= 0.6 is 0 Å². The van der Waals surface area contributed by atoms with Gasteiger partial charge in [0.25, 0.3) is 0 Å². The summed E-state index contributed by atoms with van der Waals surface area (Å²) in [5.41, 5.74) is -1.12. The number of phenolic OH excluding ortho intramolecular Hbond substituents is 1. The maximum absolute atomic E-state index is 12.1. The summed E-state index contributed by atoms with van der Waals surface area (Å²) in [4.78, 5) is -0.764.